The molecule has 258 valence electrons. The monoisotopic (exact) mass is 776 g/mol. The Morgan fingerprint density at radius 2 is 1.28 bits per heavy atom. The van der Waals surface area contributed by atoms with Crippen LogP contribution < -0.4 is 3.27 Å². The fourth-order valence-electron chi connectivity index (χ4n) is 11.2. The first kappa shape index (κ1) is 36.9. The van der Waals surface area contributed by atoms with E-state index >= 15 is 0 Å². The molecule has 0 saturated heterocycles. The number of halogens is 2. The van der Waals surface area contributed by atoms with Gasteiger partial charge in [0.25, 0.3) is 0 Å². The molecule has 0 aromatic heterocycles. The molecular formula is C47H52Cl2Zr. The Hall–Kier alpha value is -2.83. The van der Waals surface area contributed by atoms with Crippen LogP contribution in [0, 0.1) is 12.8 Å². The zero-order chi connectivity index (χ0) is 34.2. The van der Waals surface area contributed by atoms with Crippen LogP contribution in [0.4, 0.5) is 0 Å². The van der Waals surface area contributed by atoms with Crippen LogP contribution in [0.1, 0.15) is 99.9 Å². The molecule has 0 bridgehead atoms. The summed E-state index contributed by atoms with van der Waals surface area (Å²) in [4.78, 5) is 0. The molecule has 0 fully saturated rings. The molecule has 0 radical (unpaired) electrons. The third-order valence-electron chi connectivity index (χ3n) is 12.9. The van der Waals surface area contributed by atoms with Crippen molar-refractivity contribution < 1.29 is 18.3 Å². The summed E-state index contributed by atoms with van der Waals surface area (Å²) in [5.74, 6) is 0.328. The van der Waals surface area contributed by atoms with Gasteiger partial charge in [0.2, 0.25) is 0 Å². The SMILES string of the molecule is Cl.Cl.[CH2]=[Zr]([CH3])([C]1=C(C)C(c2ccccc2)=CC1C)([C]1=C(C)c2cc3c(cc2C1(C)C)Cc1cc2c(cc1-3)C(C)=CC2(C)C)[c]1ccc(C)cc1. The van der Waals surface area contributed by atoms with Gasteiger partial charge in [0.1, 0.15) is 0 Å². The molecule has 50 heavy (non-hydrogen) atoms. The minimum absolute atomic E-state index is 0. The molecule has 0 amide bonds. The van der Waals surface area contributed by atoms with Crippen molar-refractivity contribution in [3.63, 3.8) is 0 Å². The third kappa shape index (κ3) is 4.90. The van der Waals surface area contributed by atoms with E-state index in [-0.39, 0.29) is 35.6 Å². The van der Waals surface area contributed by atoms with Crippen molar-refractivity contribution >= 4 is 49.0 Å². The van der Waals surface area contributed by atoms with Gasteiger partial charge in [-0.15, -0.1) is 24.8 Å². The van der Waals surface area contributed by atoms with Gasteiger partial charge >= 0.3 is 291 Å². The fourth-order valence-corrected chi connectivity index (χ4v) is 29.3. The Balaban J connectivity index is 0.00000216. The molecular weight excluding hydrogens is 727 g/mol. The summed E-state index contributed by atoms with van der Waals surface area (Å²) in [5.41, 5.74) is 20.0. The quantitative estimate of drug-likeness (QED) is 0.170. The number of rotatable bonds is 4. The average molecular weight is 779 g/mol. The Morgan fingerprint density at radius 3 is 1.90 bits per heavy atom. The second kappa shape index (κ2) is 11.8. The van der Waals surface area contributed by atoms with Crippen molar-refractivity contribution in [1.29, 1.82) is 0 Å². The van der Waals surface area contributed by atoms with E-state index < -0.39 is 18.3 Å². The van der Waals surface area contributed by atoms with Gasteiger partial charge in [-0.2, -0.15) is 0 Å². The first-order valence-corrected chi connectivity index (χ1v) is 25.8. The van der Waals surface area contributed by atoms with E-state index in [1.165, 1.54) is 81.2 Å². The van der Waals surface area contributed by atoms with Crippen LogP contribution in [-0.4, -0.2) is 4.21 Å². The molecule has 1 atom stereocenters. The molecule has 4 aliphatic rings. The predicted octanol–water partition coefficient (Wildman–Crippen LogP) is 12.6. The van der Waals surface area contributed by atoms with Gasteiger partial charge in [-0.1, -0.05) is 0 Å². The predicted molar refractivity (Wildman–Crippen MR) is 222 cm³/mol. The van der Waals surface area contributed by atoms with E-state index in [9.17, 15) is 0 Å². The van der Waals surface area contributed by atoms with Crippen molar-refractivity contribution in [2.45, 2.75) is 84.2 Å². The van der Waals surface area contributed by atoms with Crippen molar-refractivity contribution in [3.05, 3.63) is 148 Å². The number of aryl methyl sites for hydroxylation is 1. The van der Waals surface area contributed by atoms with Gasteiger partial charge in [0.05, 0.1) is 0 Å². The number of hydrogen-bond donors (Lipinski definition) is 0. The topological polar surface area (TPSA) is 0 Å². The molecule has 3 heteroatoms. The molecule has 0 heterocycles. The summed E-state index contributed by atoms with van der Waals surface area (Å²) < 4.78 is 13.0. The summed E-state index contributed by atoms with van der Waals surface area (Å²) >= 11 is -4.50. The van der Waals surface area contributed by atoms with Gasteiger partial charge in [0, 0.05) is 0 Å². The maximum absolute atomic E-state index is 5.65. The maximum atomic E-state index is 5.65. The van der Waals surface area contributed by atoms with Crippen molar-refractivity contribution in [2.24, 2.45) is 5.92 Å². The van der Waals surface area contributed by atoms with Crippen LogP contribution >= 0.6 is 24.8 Å². The Bertz CT molecular complexity index is 2300. The van der Waals surface area contributed by atoms with E-state index in [2.05, 4.69) is 158 Å². The summed E-state index contributed by atoms with van der Waals surface area (Å²) in [6.45, 7) is 21.5. The second-order valence-corrected chi connectivity index (χ2v) is 31.0. The molecule has 4 aromatic rings. The van der Waals surface area contributed by atoms with Crippen LogP contribution in [0.25, 0.3) is 27.8 Å². The zero-order valence-electron chi connectivity index (χ0n) is 31.5. The van der Waals surface area contributed by atoms with E-state index in [4.69, 9.17) is 4.21 Å². The number of allylic oxidation sites excluding steroid dienone is 8. The summed E-state index contributed by atoms with van der Waals surface area (Å²) in [6.07, 6.45) is 5.99. The van der Waals surface area contributed by atoms with Crippen LogP contribution in [-0.2, 0) is 35.5 Å². The molecule has 0 spiro atoms. The van der Waals surface area contributed by atoms with Crippen LogP contribution in [0.2, 0.25) is 4.63 Å². The van der Waals surface area contributed by atoms with Crippen molar-refractivity contribution in [3.8, 4) is 11.1 Å². The van der Waals surface area contributed by atoms with E-state index in [1.54, 1.807) is 6.56 Å². The molecule has 4 aromatic carbocycles. The molecule has 0 aliphatic heterocycles. The van der Waals surface area contributed by atoms with Gasteiger partial charge in [-0.3, -0.25) is 0 Å². The molecule has 0 nitrogen and oxygen atoms in total. The van der Waals surface area contributed by atoms with Crippen LogP contribution in [0.5, 0.6) is 0 Å². The summed E-state index contributed by atoms with van der Waals surface area (Å²) in [7, 11) is 0. The van der Waals surface area contributed by atoms with E-state index in [1.807, 2.05) is 0 Å². The first-order chi connectivity index (χ1) is 22.5. The van der Waals surface area contributed by atoms with Gasteiger partial charge in [-0.05, 0) is 0 Å². The van der Waals surface area contributed by atoms with Crippen molar-refractivity contribution in [2.75, 3.05) is 0 Å². The Labute approximate surface area is 313 Å². The Morgan fingerprint density at radius 1 is 0.700 bits per heavy atom. The number of fused-ring (bicyclic) bond motifs is 5. The average Bonchev–Trinajstić information content (AvgIpc) is 3.68. The third-order valence-corrected chi connectivity index (χ3v) is 29.0. The second-order valence-electron chi connectivity index (χ2n) is 17.1. The van der Waals surface area contributed by atoms with Crippen molar-refractivity contribution in [1.82, 2.24) is 0 Å². The van der Waals surface area contributed by atoms with Crippen LogP contribution in [0.3, 0.4) is 0 Å². The van der Waals surface area contributed by atoms with Gasteiger partial charge in [0.15, 0.2) is 0 Å². The molecule has 0 saturated carbocycles. The molecule has 8 rings (SSSR count). The number of benzene rings is 4. The Kier molecular flexibility index (Phi) is 8.76. The zero-order valence-corrected chi connectivity index (χ0v) is 35.6. The normalized spacial score (nSPS) is 19.6. The first-order valence-electron chi connectivity index (χ1n) is 17.9. The van der Waals surface area contributed by atoms with Crippen LogP contribution in [0.15, 0.2) is 103 Å². The van der Waals surface area contributed by atoms with E-state index in [0.29, 0.717) is 5.92 Å². The number of hydrogen-bond acceptors (Lipinski definition) is 0. The summed E-state index contributed by atoms with van der Waals surface area (Å²) in [6, 6.07) is 30.7. The summed E-state index contributed by atoms with van der Waals surface area (Å²) in [5, 5.41) is 0. The minimum atomic E-state index is -4.50. The fraction of sp³-hybridized carbons (Fsp3) is 0.298. The molecule has 0 N–H and O–H groups in total. The standard InChI is InChI=1S/C25H25.C13H13.C7H7.CH3.CH2.2ClH.Zr/c1-14-12-24(3,4)22-8-16-7-17-9-23-19(15(2)13-25(23,5)6)11-21(17)20(16)10-18(14)22;1-10-8-11(2)13(9-10)12-6-4-3-5-7-12;1-7-5-3-2-4-6-7;;;;;/h8-12H,7H2,1-6H3;3-7,9-10H,1-2H3;3-6H,1H3;1H3;1H2;2*1H;. The molecule has 1 unspecified atom stereocenters. The van der Waals surface area contributed by atoms with Gasteiger partial charge in [-0.25, -0.2) is 0 Å². The molecule has 4 aliphatic carbocycles. The van der Waals surface area contributed by atoms with E-state index in [0.717, 1.165) is 6.42 Å². The van der Waals surface area contributed by atoms with Gasteiger partial charge < -0.3 is 0 Å².